The molecular weight excluding hydrogens is 254 g/mol. The van der Waals surface area contributed by atoms with Crippen molar-refractivity contribution < 1.29 is 9.15 Å². The molecule has 1 N–H and O–H groups in total. The lowest BCUT2D eigenvalue weighted by atomic mass is 10.1. The Hall–Kier alpha value is -1.59. The molecule has 1 saturated heterocycles. The zero-order valence-corrected chi connectivity index (χ0v) is 11.8. The van der Waals surface area contributed by atoms with E-state index in [2.05, 4.69) is 21.9 Å². The fraction of sp³-hybridized carbons (Fsp3) is 0.533. The van der Waals surface area contributed by atoms with Crippen molar-refractivity contribution >= 4 is 0 Å². The number of furan rings is 1. The second kappa shape index (κ2) is 6.24. The summed E-state index contributed by atoms with van der Waals surface area (Å²) in [4.78, 5) is 9.51. The fourth-order valence-electron chi connectivity index (χ4n) is 2.58. The average molecular weight is 275 g/mol. The van der Waals surface area contributed by atoms with Crippen LogP contribution >= 0.6 is 0 Å². The van der Waals surface area contributed by atoms with Gasteiger partial charge in [-0.2, -0.15) is 0 Å². The van der Waals surface area contributed by atoms with Gasteiger partial charge in [0, 0.05) is 19.0 Å². The largest absolute Gasteiger partial charge is 0.462 e. The Morgan fingerprint density at radius 3 is 3.05 bits per heavy atom. The predicted octanol–water partition coefficient (Wildman–Crippen LogP) is 2.88. The van der Waals surface area contributed by atoms with Crippen LogP contribution in [0.4, 0.5) is 0 Å². The van der Waals surface area contributed by atoms with Crippen LogP contribution in [0.15, 0.2) is 28.9 Å². The van der Waals surface area contributed by atoms with Gasteiger partial charge in [0.15, 0.2) is 0 Å². The van der Waals surface area contributed by atoms with Crippen LogP contribution in [0.5, 0.6) is 0 Å². The topological polar surface area (TPSA) is 54.3 Å². The molecule has 0 spiro atoms. The maximum atomic E-state index is 5.92. The number of imidazole rings is 1. The Kier molecular flexibility index (Phi) is 4.18. The Labute approximate surface area is 118 Å². The highest BCUT2D eigenvalue weighted by atomic mass is 16.5. The molecule has 0 saturated carbocycles. The van der Waals surface area contributed by atoms with Crippen LogP contribution in [-0.4, -0.2) is 28.5 Å². The van der Waals surface area contributed by atoms with Gasteiger partial charge in [0.2, 0.25) is 0 Å². The summed E-state index contributed by atoms with van der Waals surface area (Å²) in [5.74, 6) is 2.91. The van der Waals surface area contributed by atoms with E-state index in [1.165, 1.54) is 6.42 Å². The maximum Gasteiger partial charge on any atom is 0.133 e. The van der Waals surface area contributed by atoms with E-state index in [0.29, 0.717) is 0 Å². The molecule has 2 aromatic heterocycles. The number of aromatic nitrogens is 2. The van der Waals surface area contributed by atoms with Gasteiger partial charge in [-0.05, 0) is 38.4 Å². The van der Waals surface area contributed by atoms with E-state index >= 15 is 0 Å². The van der Waals surface area contributed by atoms with Crippen molar-refractivity contribution in [3.05, 3.63) is 41.9 Å². The first-order valence-electron chi connectivity index (χ1n) is 7.18. The van der Waals surface area contributed by atoms with Gasteiger partial charge in [-0.1, -0.05) is 0 Å². The molecule has 108 valence electrons. The van der Waals surface area contributed by atoms with E-state index in [4.69, 9.17) is 9.15 Å². The van der Waals surface area contributed by atoms with Crippen LogP contribution in [0.25, 0.3) is 0 Å². The molecule has 20 heavy (non-hydrogen) atoms. The molecule has 5 nitrogen and oxygen atoms in total. The first-order chi connectivity index (χ1) is 9.81. The van der Waals surface area contributed by atoms with Gasteiger partial charge >= 0.3 is 0 Å². The van der Waals surface area contributed by atoms with E-state index in [1.807, 2.05) is 18.3 Å². The molecular formula is C15H21N3O2. The van der Waals surface area contributed by atoms with Gasteiger partial charge in [0.25, 0.3) is 0 Å². The summed E-state index contributed by atoms with van der Waals surface area (Å²) in [6.45, 7) is 2.40. The van der Waals surface area contributed by atoms with E-state index in [0.717, 1.165) is 49.9 Å². The average Bonchev–Trinajstić information content (AvgIpc) is 3.11. The molecule has 3 heterocycles. The minimum absolute atomic E-state index is 0.146. The number of nitrogens with zero attached hydrogens (tertiary/aromatic N) is 2. The second-order valence-corrected chi connectivity index (χ2v) is 5.37. The van der Waals surface area contributed by atoms with Gasteiger partial charge in [0.1, 0.15) is 23.4 Å². The van der Waals surface area contributed by atoms with Crippen LogP contribution in [0.2, 0.25) is 0 Å². The van der Waals surface area contributed by atoms with E-state index < -0.39 is 0 Å². The van der Waals surface area contributed by atoms with Gasteiger partial charge in [-0.15, -0.1) is 0 Å². The Bertz CT molecular complexity index is 515. The van der Waals surface area contributed by atoms with Crippen molar-refractivity contribution in [2.24, 2.45) is 0 Å². The van der Waals surface area contributed by atoms with Gasteiger partial charge < -0.3 is 14.1 Å². The van der Waals surface area contributed by atoms with Gasteiger partial charge in [-0.3, -0.25) is 4.90 Å². The SMILES string of the molecule is CN(Cc1ncc[nH]1)Cc1ccc(C2CCCCO2)o1. The highest BCUT2D eigenvalue weighted by molar-refractivity contribution is 5.10. The molecule has 5 heteroatoms. The lowest BCUT2D eigenvalue weighted by Crippen LogP contribution is -2.17. The highest BCUT2D eigenvalue weighted by Crippen LogP contribution is 2.29. The summed E-state index contributed by atoms with van der Waals surface area (Å²) in [6.07, 6.45) is 7.21. The first-order valence-corrected chi connectivity index (χ1v) is 7.18. The second-order valence-electron chi connectivity index (χ2n) is 5.37. The fourth-order valence-corrected chi connectivity index (χ4v) is 2.58. The van der Waals surface area contributed by atoms with Crippen molar-refractivity contribution in [2.75, 3.05) is 13.7 Å². The van der Waals surface area contributed by atoms with Crippen LogP contribution in [-0.2, 0) is 17.8 Å². The molecule has 1 aliphatic heterocycles. The van der Waals surface area contributed by atoms with E-state index in [-0.39, 0.29) is 6.10 Å². The zero-order chi connectivity index (χ0) is 13.8. The molecule has 0 amide bonds. The van der Waals surface area contributed by atoms with E-state index in [1.54, 1.807) is 6.20 Å². The Morgan fingerprint density at radius 1 is 1.35 bits per heavy atom. The van der Waals surface area contributed by atoms with E-state index in [9.17, 15) is 0 Å². The molecule has 0 bridgehead atoms. The van der Waals surface area contributed by atoms with Gasteiger partial charge in [-0.25, -0.2) is 4.98 Å². The summed E-state index contributed by atoms with van der Waals surface area (Å²) in [7, 11) is 2.06. The Morgan fingerprint density at radius 2 is 2.30 bits per heavy atom. The minimum Gasteiger partial charge on any atom is -0.462 e. The molecule has 0 aliphatic carbocycles. The number of hydrogen-bond acceptors (Lipinski definition) is 4. The lowest BCUT2D eigenvalue weighted by Gasteiger charge is -2.20. The normalized spacial score (nSPS) is 19.6. The number of ether oxygens (including phenoxy) is 1. The number of H-pyrrole nitrogens is 1. The molecule has 0 aromatic carbocycles. The first kappa shape index (κ1) is 13.4. The quantitative estimate of drug-likeness (QED) is 0.911. The monoisotopic (exact) mass is 275 g/mol. The van der Waals surface area contributed by atoms with Crippen molar-refractivity contribution in [3.8, 4) is 0 Å². The van der Waals surface area contributed by atoms with Crippen LogP contribution < -0.4 is 0 Å². The van der Waals surface area contributed by atoms with Crippen molar-refractivity contribution in [3.63, 3.8) is 0 Å². The molecule has 0 radical (unpaired) electrons. The smallest absolute Gasteiger partial charge is 0.133 e. The molecule has 1 aliphatic rings. The minimum atomic E-state index is 0.146. The van der Waals surface area contributed by atoms with Crippen molar-refractivity contribution in [1.29, 1.82) is 0 Å². The summed E-state index contributed by atoms with van der Waals surface area (Å²) in [5.41, 5.74) is 0. The third kappa shape index (κ3) is 3.29. The van der Waals surface area contributed by atoms with Gasteiger partial charge in [0.05, 0.1) is 13.1 Å². The molecule has 2 aromatic rings. The van der Waals surface area contributed by atoms with Crippen LogP contribution in [0, 0.1) is 0 Å². The summed E-state index contributed by atoms with van der Waals surface area (Å²) >= 11 is 0. The number of nitrogens with one attached hydrogen (secondary N) is 1. The number of hydrogen-bond donors (Lipinski definition) is 1. The Balaban J connectivity index is 1.56. The van der Waals surface area contributed by atoms with Crippen molar-refractivity contribution in [2.45, 2.75) is 38.5 Å². The number of rotatable bonds is 5. The maximum absolute atomic E-state index is 5.92. The predicted molar refractivity (Wildman–Crippen MR) is 75.0 cm³/mol. The lowest BCUT2D eigenvalue weighted by molar-refractivity contribution is 0.000901. The highest BCUT2D eigenvalue weighted by Gasteiger charge is 2.19. The molecule has 1 atom stereocenters. The van der Waals surface area contributed by atoms with Crippen molar-refractivity contribution in [1.82, 2.24) is 14.9 Å². The molecule has 3 rings (SSSR count). The summed E-state index contributed by atoms with van der Waals surface area (Å²) in [5, 5.41) is 0. The standard InChI is InChI=1S/C15H21N3O2/c1-18(11-15-16-7-8-17-15)10-12-5-6-14(20-12)13-4-2-3-9-19-13/h5-8,13H,2-4,9-11H2,1H3,(H,16,17). The van der Waals surface area contributed by atoms with Crippen LogP contribution in [0.1, 0.15) is 42.7 Å². The third-order valence-electron chi connectivity index (χ3n) is 3.58. The number of aromatic amines is 1. The summed E-state index contributed by atoms with van der Waals surface area (Å²) in [6, 6.07) is 4.10. The molecule has 1 unspecified atom stereocenters. The summed E-state index contributed by atoms with van der Waals surface area (Å²) < 4.78 is 11.7. The van der Waals surface area contributed by atoms with Crippen LogP contribution in [0.3, 0.4) is 0 Å². The third-order valence-corrected chi connectivity index (χ3v) is 3.58. The molecule has 1 fully saturated rings. The zero-order valence-electron chi connectivity index (χ0n) is 11.8.